The van der Waals surface area contributed by atoms with E-state index in [2.05, 4.69) is 19.1 Å². The van der Waals surface area contributed by atoms with Crippen molar-refractivity contribution in [3.8, 4) is 0 Å². The van der Waals surface area contributed by atoms with Crippen molar-refractivity contribution >= 4 is 17.5 Å². The Morgan fingerprint density at radius 2 is 2.23 bits per heavy atom. The molecular weight excluding hydrogens is 180 g/mol. The molecule has 2 heteroatoms. The molecule has 0 bridgehead atoms. The molecule has 0 spiro atoms. The number of rotatable bonds is 2. The van der Waals surface area contributed by atoms with Gasteiger partial charge in [-0.05, 0) is 29.9 Å². The van der Waals surface area contributed by atoms with Gasteiger partial charge in [-0.25, -0.2) is 0 Å². The fraction of sp³-hybridized carbons (Fsp3) is 0.364. The fourth-order valence-corrected chi connectivity index (χ4v) is 2.37. The smallest absolute Gasteiger partial charge is 0.163 e. The maximum absolute atomic E-state index is 11.4. The molecule has 0 fully saturated rings. The van der Waals surface area contributed by atoms with Gasteiger partial charge in [0, 0.05) is 16.9 Å². The second kappa shape index (κ2) is 3.54. The van der Waals surface area contributed by atoms with Crippen molar-refractivity contribution in [2.75, 3.05) is 5.75 Å². The van der Waals surface area contributed by atoms with Crippen LogP contribution in [0.15, 0.2) is 23.1 Å². The van der Waals surface area contributed by atoms with Crippen molar-refractivity contribution in [3.63, 3.8) is 0 Å². The highest BCUT2D eigenvalue weighted by molar-refractivity contribution is 7.99. The van der Waals surface area contributed by atoms with E-state index >= 15 is 0 Å². The molecule has 0 unspecified atom stereocenters. The van der Waals surface area contributed by atoms with Gasteiger partial charge in [0.1, 0.15) is 0 Å². The molecule has 0 aromatic heterocycles. The first-order valence-electron chi connectivity index (χ1n) is 4.60. The van der Waals surface area contributed by atoms with Crippen LogP contribution < -0.4 is 0 Å². The average molecular weight is 192 g/mol. The minimum Gasteiger partial charge on any atom is -0.294 e. The molecule has 1 aliphatic carbocycles. The van der Waals surface area contributed by atoms with Crippen molar-refractivity contribution in [2.24, 2.45) is 0 Å². The van der Waals surface area contributed by atoms with Crippen LogP contribution in [0.2, 0.25) is 0 Å². The number of carbonyl (C=O) groups is 1. The van der Waals surface area contributed by atoms with Crippen LogP contribution >= 0.6 is 11.8 Å². The topological polar surface area (TPSA) is 17.1 Å². The number of hydrogen-bond donors (Lipinski definition) is 0. The van der Waals surface area contributed by atoms with Crippen LogP contribution in [0.3, 0.4) is 0 Å². The summed E-state index contributed by atoms with van der Waals surface area (Å²) in [6.45, 7) is 2.12. The Bertz CT molecular complexity index is 344. The number of Topliss-reactive ketones (excluding diaryl/α,β-unsaturated/α-hetero) is 1. The van der Waals surface area contributed by atoms with E-state index in [9.17, 15) is 4.79 Å². The molecule has 68 valence electrons. The molecule has 1 aromatic rings. The molecule has 1 aromatic carbocycles. The highest BCUT2D eigenvalue weighted by atomic mass is 32.2. The van der Waals surface area contributed by atoms with E-state index in [4.69, 9.17) is 0 Å². The van der Waals surface area contributed by atoms with Gasteiger partial charge in [-0.2, -0.15) is 0 Å². The SMILES string of the molecule is CCSc1ccc2c(c1)C(=O)CC2. The standard InChI is InChI=1S/C11H12OS/c1-2-13-9-5-3-8-4-6-11(12)10(8)7-9/h3,5,7H,2,4,6H2,1H3. The molecule has 0 radical (unpaired) electrons. The Hall–Kier alpha value is -0.760. The van der Waals surface area contributed by atoms with Crippen LogP contribution in [0, 0.1) is 0 Å². The van der Waals surface area contributed by atoms with Gasteiger partial charge < -0.3 is 0 Å². The molecular formula is C11H12OS. The van der Waals surface area contributed by atoms with Crippen LogP contribution in [0.25, 0.3) is 0 Å². The number of aryl methyl sites for hydroxylation is 1. The maximum atomic E-state index is 11.4. The van der Waals surface area contributed by atoms with Crippen LogP contribution in [-0.4, -0.2) is 11.5 Å². The zero-order valence-corrected chi connectivity index (χ0v) is 8.49. The minimum atomic E-state index is 0.313. The van der Waals surface area contributed by atoms with Gasteiger partial charge in [0.25, 0.3) is 0 Å². The summed E-state index contributed by atoms with van der Waals surface area (Å²) >= 11 is 1.79. The van der Waals surface area contributed by atoms with Gasteiger partial charge >= 0.3 is 0 Å². The van der Waals surface area contributed by atoms with E-state index in [0.717, 1.165) is 17.7 Å². The van der Waals surface area contributed by atoms with Crippen LogP contribution in [0.4, 0.5) is 0 Å². The summed E-state index contributed by atoms with van der Waals surface area (Å²) in [5.41, 5.74) is 2.18. The molecule has 0 saturated heterocycles. The lowest BCUT2D eigenvalue weighted by molar-refractivity contribution is 0.0994. The van der Waals surface area contributed by atoms with Crippen molar-refractivity contribution in [1.82, 2.24) is 0 Å². The van der Waals surface area contributed by atoms with E-state index < -0.39 is 0 Å². The summed E-state index contributed by atoms with van der Waals surface area (Å²) in [5, 5.41) is 0. The average Bonchev–Trinajstić information content (AvgIpc) is 2.49. The summed E-state index contributed by atoms with van der Waals surface area (Å²) in [5.74, 6) is 1.38. The molecule has 0 amide bonds. The molecule has 0 atom stereocenters. The molecule has 1 aliphatic rings. The molecule has 0 heterocycles. The molecule has 0 N–H and O–H groups in total. The first-order chi connectivity index (χ1) is 6.31. The minimum absolute atomic E-state index is 0.313. The Balaban J connectivity index is 2.36. The maximum Gasteiger partial charge on any atom is 0.163 e. The van der Waals surface area contributed by atoms with Gasteiger partial charge in [-0.3, -0.25) is 4.79 Å². The number of ketones is 1. The normalized spacial score (nSPS) is 14.7. The van der Waals surface area contributed by atoms with Gasteiger partial charge in [0.2, 0.25) is 0 Å². The Labute approximate surface area is 82.5 Å². The lowest BCUT2D eigenvalue weighted by Crippen LogP contribution is -1.91. The van der Waals surface area contributed by atoms with Crippen LogP contribution in [0.1, 0.15) is 29.3 Å². The highest BCUT2D eigenvalue weighted by Gasteiger charge is 2.18. The van der Waals surface area contributed by atoms with Crippen molar-refractivity contribution in [3.05, 3.63) is 29.3 Å². The van der Waals surface area contributed by atoms with E-state index in [1.807, 2.05) is 6.07 Å². The van der Waals surface area contributed by atoms with Gasteiger partial charge in [0.05, 0.1) is 0 Å². The van der Waals surface area contributed by atoms with E-state index in [1.54, 1.807) is 11.8 Å². The van der Waals surface area contributed by atoms with Crippen LogP contribution in [-0.2, 0) is 6.42 Å². The monoisotopic (exact) mass is 192 g/mol. The number of thioether (sulfide) groups is 1. The number of benzene rings is 1. The highest BCUT2D eigenvalue weighted by Crippen LogP contribution is 2.27. The predicted molar refractivity (Wildman–Crippen MR) is 55.5 cm³/mol. The summed E-state index contributed by atoms with van der Waals surface area (Å²) in [7, 11) is 0. The number of carbonyl (C=O) groups excluding carboxylic acids is 1. The third-order valence-corrected chi connectivity index (χ3v) is 3.19. The largest absolute Gasteiger partial charge is 0.294 e. The van der Waals surface area contributed by atoms with Crippen LogP contribution in [0.5, 0.6) is 0 Å². The predicted octanol–water partition coefficient (Wildman–Crippen LogP) is 2.93. The quantitative estimate of drug-likeness (QED) is 0.670. The fourth-order valence-electron chi connectivity index (χ4n) is 1.67. The Kier molecular flexibility index (Phi) is 2.40. The third-order valence-electron chi connectivity index (χ3n) is 2.31. The van der Waals surface area contributed by atoms with E-state index in [0.29, 0.717) is 12.2 Å². The Morgan fingerprint density at radius 1 is 1.38 bits per heavy atom. The first-order valence-corrected chi connectivity index (χ1v) is 5.58. The summed E-state index contributed by atoms with van der Waals surface area (Å²) in [6.07, 6.45) is 1.64. The molecule has 1 nitrogen and oxygen atoms in total. The van der Waals surface area contributed by atoms with Crippen molar-refractivity contribution in [2.45, 2.75) is 24.7 Å². The summed E-state index contributed by atoms with van der Waals surface area (Å²) in [6, 6.07) is 6.25. The number of fused-ring (bicyclic) bond motifs is 1. The van der Waals surface area contributed by atoms with Gasteiger partial charge in [-0.15, -0.1) is 11.8 Å². The summed E-state index contributed by atoms with van der Waals surface area (Å²) in [4.78, 5) is 12.6. The zero-order valence-electron chi connectivity index (χ0n) is 7.67. The van der Waals surface area contributed by atoms with E-state index in [1.165, 1.54) is 10.5 Å². The van der Waals surface area contributed by atoms with Gasteiger partial charge in [0.15, 0.2) is 5.78 Å². The van der Waals surface area contributed by atoms with Gasteiger partial charge in [-0.1, -0.05) is 13.0 Å². The first kappa shape index (κ1) is 8.82. The van der Waals surface area contributed by atoms with E-state index in [-0.39, 0.29) is 0 Å². The summed E-state index contributed by atoms with van der Waals surface area (Å²) < 4.78 is 0. The lowest BCUT2D eigenvalue weighted by atomic mass is 10.1. The second-order valence-corrected chi connectivity index (χ2v) is 4.51. The molecule has 2 rings (SSSR count). The lowest BCUT2D eigenvalue weighted by Gasteiger charge is -2.01. The van der Waals surface area contributed by atoms with Crippen molar-refractivity contribution in [1.29, 1.82) is 0 Å². The third kappa shape index (κ3) is 1.63. The zero-order chi connectivity index (χ0) is 9.26. The molecule has 0 aliphatic heterocycles. The van der Waals surface area contributed by atoms with Crippen molar-refractivity contribution < 1.29 is 4.79 Å². The Morgan fingerprint density at radius 3 is 3.00 bits per heavy atom. The second-order valence-electron chi connectivity index (χ2n) is 3.18. The molecule has 0 saturated carbocycles. The molecule has 13 heavy (non-hydrogen) atoms. The number of hydrogen-bond acceptors (Lipinski definition) is 2.